The summed E-state index contributed by atoms with van der Waals surface area (Å²) in [5.74, 6) is -1.26. The number of hydrogen-bond donors (Lipinski definition) is 3. The molecule has 0 atom stereocenters. The zero-order chi connectivity index (χ0) is 18.4. The molecule has 0 aromatic heterocycles. The first-order chi connectivity index (χ1) is 11.0. The van der Waals surface area contributed by atoms with Crippen LogP contribution in [0, 0.1) is 5.82 Å². The number of sulfonamides is 1. The fourth-order valence-electron chi connectivity index (χ4n) is 1.83. The molecular weight excluding hydrogens is 337 g/mol. The van der Waals surface area contributed by atoms with E-state index in [-0.39, 0.29) is 18.1 Å². The molecule has 0 saturated carbocycles. The third-order valence-electron chi connectivity index (χ3n) is 2.71. The molecule has 1 aromatic rings. The number of anilines is 1. The summed E-state index contributed by atoms with van der Waals surface area (Å²) in [6.07, 6.45) is 0. The second kappa shape index (κ2) is 8.52. The second-order valence-electron chi connectivity index (χ2n) is 6.22. The number of benzene rings is 1. The van der Waals surface area contributed by atoms with Crippen LogP contribution in [0.4, 0.5) is 10.1 Å². The van der Waals surface area contributed by atoms with E-state index in [0.717, 1.165) is 12.1 Å². The maximum absolute atomic E-state index is 13.9. The van der Waals surface area contributed by atoms with Crippen molar-refractivity contribution < 1.29 is 22.3 Å². The first kappa shape index (κ1) is 20.5. The minimum absolute atomic E-state index is 0.0308. The van der Waals surface area contributed by atoms with Crippen LogP contribution in [-0.4, -0.2) is 46.7 Å². The number of ether oxygens (including phenoxy) is 1. The summed E-state index contributed by atoms with van der Waals surface area (Å²) in [4.78, 5) is 11.3. The Kier molecular flexibility index (Phi) is 7.27. The number of amides is 1. The monoisotopic (exact) mass is 361 g/mol. The van der Waals surface area contributed by atoms with Gasteiger partial charge in [-0.2, -0.15) is 0 Å². The van der Waals surface area contributed by atoms with Crippen LogP contribution in [-0.2, 0) is 19.6 Å². The van der Waals surface area contributed by atoms with E-state index in [9.17, 15) is 17.6 Å². The topological polar surface area (TPSA) is 96.5 Å². The molecule has 24 heavy (non-hydrogen) atoms. The third-order valence-corrected chi connectivity index (χ3v) is 4.49. The van der Waals surface area contributed by atoms with Crippen LogP contribution < -0.4 is 15.4 Å². The summed E-state index contributed by atoms with van der Waals surface area (Å²) in [5.41, 5.74) is -0.556. The molecule has 7 nitrogen and oxygen atoms in total. The van der Waals surface area contributed by atoms with Crippen molar-refractivity contribution >= 4 is 21.6 Å². The van der Waals surface area contributed by atoms with Crippen LogP contribution in [0.3, 0.4) is 0 Å². The molecule has 0 aliphatic carbocycles. The number of carbonyl (C=O) groups is 1. The average molecular weight is 361 g/mol. The maximum atomic E-state index is 13.9. The molecule has 0 unspecified atom stereocenters. The highest BCUT2D eigenvalue weighted by molar-refractivity contribution is 7.89. The summed E-state index contributed by atoms with van der Waals surface area (Å²) in [6, 6.07) is 3.40. The van der Waals surface area contributed by atoms with Crippen molar-refractivity contribution in [2.45, 2.75) is 31.2 Å². The molecular formula is C15H24FN3O4S. The van der Waals surface area contributed by atoms with Gasteiger partial charge in [0.25, 0.3) is 0 Å². The lowest BCUT2D eigenvalue weighted by atomic mass is 10.1. The van der Waals surface area contributed by atoms with Crippen LogP contribution in [0.2, 0.25) is 0 Å². The Bertz CT molecular complexity index is 672. The molecule has 1 amide bonds. The van der Waals surface area contributed by atoms with Crippen LogP contribution in [0.25, 0.3) is 0 Å². The Labute approximate surface area is 142 Å². The van der Waals surface area contributed by atoms with Crippen LogP contribution in [0.5, 0.6) is 0 Å². The standard InChI is InChI=1S/C15H24FN3O4S/c1-15(2,3)19-24(21,22)13-9-11(5-6-12(13)16)18-14(20)10-17-7-8-23-4/h5-6,9,17,19H,7-8,10H2,1-4H3,(H,18,20). The van der Waals surface area contributed by atoms with Gasteiger partial charge in [0.15, 0.2) is 0 Å². The number of methoxy groups -OCH3 is 1. The van der Waals surface area contributed by atoms with Gasteiger partial charge in [0.05, 0.1) is 13.2 Å². The smallest absolute Gasteiger partial charge is 0.244 e. The zero-order valence-electron chi connectivity index (χ0n) is 14.3. The highest BCUT2D eigenvalue weighted by Crippen LogP contribution is 2.21. The van der Waals surface area contributed by atoms with Crippen molar-refractivity contribution in [2.75, 3.05) is 32.1 Å². The third kappa shape index (κ3) is 6.91. The van der Waals surface area contributed by atoms with Gasteiger partial charge in [0.1, 0.15) is 10.7 Å². The van der Waals surface area contributed by atoms with E-state index in [2.05, 4.69) is 15.4 Å². The van der Waals surface area contributed by atoms with Gasteiger partial charge in [-0.05, 0) is 39.0 Å². The highest BCUT2D eigenvalue weighted by Gasteiger charge is 2.25. The molecule has 9 heteroatoms. The van der Waals surface area contributed by atoms with E-state index in [0.29, 0.717) is 13.2 Å². The molecule has 0 bridgehead atoms. The van der Waals surface area contributed by atoms with Gasteiger partial charge in [-0.15, -0.1) is 0 Å². The normalized spacial score (nSPS) is 12.2. The number of rotatable bonds is 8. The van der Waals surface area contributed by atoms with Gasteiger partial charge in [-0.1, -0.05) is 0 Å². The molecule has 0 spiro atoms. The molecule has 0 fully saturated rings. The number of hydrogen-bond acceptors (Lipinski definition) is 5. The fraction of sp³-hybridized carbons (Fsp3) is 0.533. The molecule has 0 radical (unpaired) electrons. The lowest BCUT2D eigenvalue weighted by Crippen LogP contribution is -2.40. The molecule has 1 rings (SSSR count). The number of nitrogens with one attached hydrogen (secondary N) is 3. The predicted molar refractivity (Wildman–Crippen MR) is 89.8 cm³/mol. The Balaban J connectivity index is 2.85. The Morgan fingerprint density at radius 3 is 2.54 bits per heavy atom. The van der Waals surface area contributed by atoms with Gasteiger partial charge in [0, 0.05) is 24.9 Å². The van der Waals surface area contributed by atoms with Gasteiger partial charge in [-0.3, -0.25) is 4.79 Å². The summed E-state index contributed by atoms with van der Waals surface area (Å²) in [7, 11) is -2.49. The first-order valence-electron chi connectivity index (χ1n) is 7.38. The number of halogens is 1. The van der Waals surface area contributed by atoms with Crippen molar-refractivity contribution in [3.05, 3.63) is 24.0 Å². The quantitative estimate of drug-likeness (QED) is 0.602. The lowest BCUT2D eigenvalue weighted by Gasteiger charge is -2.20. The van der Waals surface area contributed by atoms with E-state index in [1.54, 1.807) is 27.9 Å². The lowest BCUT2D eigenvalue weighted by molar-refractivity contribution is -0.115. The Hall–Kier alpha value is -1.55. The summed E-state index contributed by atoms with van der Waals surface area (Å²) in [6.45, 7) is 5.95. The van der Waals surface area contributed by atoms with Gasteiger partial charge < -0.3 is 15.4 Å². The van der Waals surface area contributed by atoms with Crippen molar-refractivity contribution in [3.63, 3.8) is 0 Å². The molecule has 0 aliphatic rings. The highest BCUT2D eigenvalue weighted by atomic mass is 32.2. The van der Waals surface area contributed by atoms with Crippen LogP contribution in [0.15, 0.2) is 23.1 Å². The molecule has 0 saturated heterocycles. The molecule has 1 aromatic carbocycles. The average Bonchev–Trinajstić information content (AvgIpc) is 2.43. The Morgan fingerprint density at radius 1 is 1.29 bits per heavy atom. The SMILES string of the molecule is COCCNCC(=O)Nc1ccc(F)c(S(=O)(=O)NC(C)(C)C)c1. The molecule has 3 N–H and O–H groups in total. The van der Waals surface area contributed by atoms with Crippen LogP contribution in [0.1, 0.15) is 20.8 Å². The van der Waals surface area contributed by atoms with Crippen molar-refractivity contribution in [2.24, 2.45) is 0 Å². The van der Waals surface area contributed by atoms with E-state index in [4.69, 9.17) is 4.74 Å². The van der Waals surface area contributed by atoms with Crippen molar-refractivity contribution in [1.29, 1.82) is 0 Å². The van der Waals surface area contributed by atoms with Crippen molar-refractivity contribution in [3.8, 4) is 0 Å². The zero-order valence-corrected chi connectivity index (χ0v) is 15.1. The first-order valence-corrected chi connectivity index (χ1v) is 8.86. The van der Waals surface area contributed by atoms with Gasteiger partial charge in [0.2, 0.25) is 15.9 Å². The second-order valence-corrected chi connectivity index (χ2v) is 7.87. The van der Waals surface area contributed by atoms with E-state index >= 15 is 0 Å². The summed E-state index contributed by atoms with van der Waals surface area (Å²) >= 11 is 0. The van der Waals surface area contributed by atoms with Gasteiger partial charge >= 0.3 is 0 Å². The molecule has 136 valence electrons. The van der Waals surface area contributed by atoms with E-state index in [1.165, 1.54) is 6.07 Å². The summed E-state index contributed by atoms with van der Waals surface area (Å²) < 4.78 is 45.6. The Morgan fingerprint density at radius 2 is 1.96 bits per heavy atom. The van der Waals surface area contributed by atoms with E-state index in [1.807, 2.05) is 0 Å². The minimum Gasteiger partial charge on any atom is -0.383 e. The molecule has 0 aliphatic heterocycles. The fourth-order valence-corrected chi connectivity index (χ4v) is 3.35. The maximum Gasteiger partial charge on any atom is 0.244 e. The van der Waals surface area contributed by atoms with Crippen LogP contribution >= 0.6 is 0 Å². The largest absolute Gasteiger partial charge is 0.383 e. The summed E-state index contributed by atoms with van der Waals surface area (Å²) in [5, 5.41) is 5.37. The minimum atomic E-state index is -4.04. The van der Waals surface area contributed by atoms with E-state index < -0.39 is 26.3 Å². The molecule has 0 heterocycles. The van der Waals surface area contributed by atoms with Gasteiger partial charge in [-0.25, -0.2) is 17.5 Å². The predicted octanol–water partition coefficient (Wildman–Crippen LogP) is 1.08. The number of carbonyl (C=O) groups excluding carboxylic acids is 1. The van der Waals surface area contributed by atoms with Crippen molar-refractivity contribution in [1.82, 2.24) is 10.0 Å².